The van der Waals surface area contributed by atoms with Crippen LogP contribution < -0.4 is 10.2 Å². The first-order valence-corrected chi connectivity index (χ1v) is 5.49. The Labute approximate surface area is 98.2 Å². The molecule has 1 aliphatic rings. The van der Waals surface area contributed by atoms with Crippen molar-refractivity contribution in [3.8, 4) is 0 Å². The van der Waals surface area contributed by atoms with Crippen molar-refractivity contribution in [2.24, 2.45) is 0 Å². The van der Waals surface area contributed by atoms with E-state index in [1.807, 2.05) is 19.0 Å². The first kappa shape index (κ1) is 10.3. The van der Waals surface area contributed by atoms with Gasteiger partial charge in [0.05, 0.1) is 23.8 Å². The molecule has 1 atom stereocenters. The topological polar surface area (TPSA) is 82.9 Å². The highest BCUT2D eigenvalue weighted by molar-refractivity contribution is 5.25. The van der Waals surface area contributed by atoms with Crippen LogP contribution in [-0.4, -0.2) is 34.2 Å². The lowest BCUT2D eigenvalue weighted by Gasteiger charge is -2.19. The van der Waals surface area contributed by atoms with E-state index in [0.29, 0.717) is 11.8 Å². The van der Waals surface area contributed by atoms with Gasteiger partial charge in [0.2, 0.25) is 5.89 Å². The monoisotopic (exact) mass is 234 g/mol. The van der Waals surface area contributed by atoms with E-state index in [-0.39, 0.29) is 6.04 Å². The second-order valence-corrected chi connectivity index (χ2v) is 4.29. The van der Waals surface area contributed by atoms with Crippen LogP contribution in [0.3, 0.4) is 0 Å². The summed E-state index contributed by atoms with van der Waals surface area (Å²) in [6, 6.07) is 0.0481. The Bertz CT molecular complexity index is 516. The van der Waals surface area contributed by atoms with E-state index in [4.69, 9.17) is 4.52 Å². The third-order valence-electron chi connectivity index (χ3n) is 2.86. The number of hydrogen-bond acceptors (Lipinski definition) is 6. The molecule has 0 radical (unpaired) electrons. The molecule has 7 nitrogen and oxygen atoms in total. The fourth-order valence-electron chi connectivity index (χ4n) is 1.89. The van der Waals surface area contributed by atoms with Crippen LogP contribution in [0.15, 0.2) is 10.9 Å². The molecule has 2 aromatic rings. The van der Waals surface area contributed by atoms with E-state index < -0.39 is 0 Å². The van der Waals surface area contributed by atoms with Gasteiger partial charge < -0.3 is 14.4 Å². The van der Waals surface area contributed by atoms with Gasteiger partial charge in [0.15, 0.2) is 0 Å². The van der Waals surface area contributed by atoms with Gasteiger partial charge in [-0.25, -0.2) is 4.98 Å². The number of imidazole rings is 1. The average molecular weight is 234 g/mol. The van der Waals surface area contributed by atoms with Crippen molar-refractivity contribution in [1.29, 1.82) is 0 Å². The minimum Gasteiger partial charge on any atom is -0.347 e. The lowest BCUT2D eigenvalue weighted by Crippen LogP contribution is -2.28. The van der Waals surface area contributed by atoms with Gasteiger partial charge in [-0.1, -0.05) is 0 Å². The van der Waals surface area contributed by atoms with Crippen LogP contribution in [0.25, 0.3) is 0 Å². The molecule has 7 heteroatoms. The summed E-state index contributed by atoms with van der Waals surface area (Å²) in [5.41, 5.74) is 2.20. The zero-order chi connectivity index (χ0) is 11.8. The summed E-state index contributed by atoms with van der Waals surface area (Å²) in [6.07, 6.45) is 2.49. The van der Waals surface area contributed by atoms with E-state index in [2.05, 4.69) is 25.4 Å². The van der Waals surface area contributed by atoms with Crippen LogP contribution >= 0.6 is 0 Å². The Morgan fingerprint density at radius 3 is 3.12 bits per heavy atom. The van der Waals surface area contributed by atoms with Crippen molar-refractivity contribution in [3.05, 3.63) is 23.6 Å². The Morgan fingerprint density at radius 1 is 1.47 bits per heavy atom. The molecule has 1 unspecified atom stereocenters. The van der Waals surface area contributed by atoms with Crippen molar-refractivity contribution in [2.75, 3.05) is 19.0 Å². The summed E-state index contributed by atoms with van der Waals surface area (Å²) >= 11 is 0. The highest BCUT2D eigenvalue weighted by atomic mass is 16.5. The highest BCUT2D eigenvalue weighted by Crippen LogP contribution is 2.23. The number of rotatable bonds is 2. The fraction of sp³-hybridized carbons (Fsp3) is 0.500. The molecule has 0 saturated heterocycles. The van der Waals surface area contributed by atoms with Crippen LogP contribution in [0.2, 0.25) is 0 Å². The van der Waals surface area contributed by atoms with Gasteiger partial charge in [-0.05, 0) is 5.16 Å². The number of H-pyrrole nitrogens is 1. The fourth-order valence-corrected chi connectivity index (χ4v) is 1.89. The summed E-state index contributed by atoms with van der Waals surface area (Å²) in [5.74, 6) is 1.21. The molecule has 0 aromatic carbocycles. The number of aromatic amines is 1. The summed E-state index contributed by atoms with van der Waals surface area (Å²) in [7, 11) is 3.77. The van der Waals surface area contributed by atoms with Gasteiger partial charge in [0, 0.05) is 27.1 Å². The molecule has 1 aliphatic heterocycles. The molecular weight excluding hydrogens is 220 g/mol. The lowest BCUT2D eigenvalue weighted by molar-refractivity contribution is 0.319. The molecule has 0 saturated carbocycles. The molecule has 2 aromatic heterocycles. The van der Waals surface area contributed by atoms with Crippen molar-refractivity contribution in [3.63, 3.8) is 0 Å². The van der Waals surface area contributed by atoms with Gasteiger partial charge in [0.25, 0.3) is 5.95 Å². The Hall–Kier alpha value is -1.89. The molecule has 0 bridgehead atoms. The molecule has 0 aliphatic carbocycles. The second kappa shape index (κ2) is 3.85. The van der Waals surface area contributed by atoms with Gasteiger partial charge in [-0.15, -0.1) is 0 Å². The predicted molar refractivity (Wildman–Crippen MR) is 60.5 cm³/mol. The number of nitrogens with one attached hydrogen (secondary N) is 2. The third-order valence-corrected chi connectivity index (χ3v) is 2.86. The Kier molecular flexibility index (Phi) is 2.32. The number of fused-ring (bicyclic) bond motifs is 1. The number of nitrogens with zero attached hydrogens (tertiary/aromatic N) is 4. The van der Waals surface area contributed by atoms with E-state index in [1.165, 1.54) is 0 Å². The van der Waals surface area contributed by atoms with E-state index in [1.54, 1.807) is 6.33 Å². The number of aromatic nitrogens is 4. The van der Waals surface area contributed by atoms with Crippen LogP contribution in [0.4, 0.5) is 5.95 Å². The molecule has 0 fully saturated rings. The van der Waals surface area contributed by atoms with Crippen molar-refractivity contribution in [2.45, 2.75) is 19.0 Å². The summed E-state index contributed by atoms with van der Waals surface area (Å²) in [4.78, 5) is 13.5. The maximum atomic E-state index is 5.25. The standard InChI is InChI=1S/C10H14N6O/c1-16(2)10-14-9(17-15-10)7-3-6-8(4-11-7)13-5-12-6/h5,7,11H,3-4H2,1-2H3,(H,12,13). The van der Waals surface area contributed by atoms with Gasteiger partial charge in [-0.2, -0.15) is 4.98 Å². The molecule has 17 heavy (non-hydrogen) atoms. The maximum Gasteiger partial charge on any atom is 0.265 e. The molecule has 3 rings (SSSR count). The average Bonchev–Trinajstić information content (AvgIpc) is 2.97. The smallest absolute Gasteiger partial charge is 0.265 e. The predicted octanol–water partition coefficient (Wildman–Crippen LogP) is 0.246. The van der Waals surface area contributed by atoms with Gasteiger partial charge >= 0.3 is 0 Å². The zero-order valence-electron chi connectivity index (χ0n) is 9.77. The lowest BCUT2D eigenvalue weighted by atomic mass is 10.1. The zero-order valence-corrected chi connectivity index (χ0v) is 9.77. The molecule has 2 N–H and O–H groups in total. The Balaban J connectivity index is 1.82. The highest BCUT2D eigenvalue weighted by Gasteiger charge is 2.26. The van der Waals surface area contributed by atoms with Crippen LogP contribution in [0.5, 0.6) is 0 Å². The van der Waals surface area contributed by atoms with E-state index >= 15 is 0 Å². The summed E-state index contributed by atoms with van der Waals surface area (Å²) in [6.45, 7) is 0.750. The SMILES string of the molecule is CN(C)c1noc(C2Cc3nc[nH]c3CN2)n1. The van der Waals surface area contributed by atoms with Crippen LogP contribution in [-0.2, 0) is 13.0 Å². The van der Waals surface area contributed by atoms with E-state index in [9.17, 15) is 0 Å². The van der Waals surface area contributed by atoms with Gasteiger partial charge in [-0.3, -0.25) is 5.32 Å². The van der Waals surface area contributed by atoms with Gasteiger partial charge in [0.1, 0.15) is 0 Å². The minimum absolute atomic E-state index is 0.0481. The van der Waals surface area contributed by atoms with Crippen molar-refractivity contribution in [1.82, 2.24) is 25.4 Å². The minimum atomic E-state index is 0.0481. The molecule has 0 spiro atoms. The molecular formula is C10H14N6O. The quantitative estimate of drug-likeness (QED) is 0.774. The Morgan fingerprint density at radius 2 is 2.35 bits per heavy atom. The normalized spacial score (nSPS) is 19.1. The van der Waals surface area contributed by atoms with E-state index in [0.717, 1.165) is 24.4 Å². The molecule has 0 amide bonds. The van der Waals surface area contributed by atoms with Crippen LogP contribution in [0, 0.1) is 0 Å². The van der Waals surface area contributed by atoms with Crippen molar-refractivity contribution < 1.29 is 4.52 Å². The first-order chi connectivity index (χ1) is 8.24. The molecule has 90 valence electrons. The summed E-state index contributed by atoms with van der Waals surface area (Å²) in [5, 5.41) is 7.25. The van der Waals surface area contributed by atoms with Crippen molar-refractivity contribution >= 4 is 5.95 Å². The second-order valence-electron chi connectivity index (χ2n) is 4.29. The number of anilines is 1. The first-order valence-electron chi connectivity index (χ1n) is 5.49. The maximum absolute atomic E-state index is 5.25. The molecule has 3 heterocycles. The largest absolute Gasteiger partial charge is 0.347 e. The van der Waals surface area contributed by atoms with Crippen LogP contribution in [0.1, 0.15) is 23.3 Å². The summed E-state index contributed by atoms with van der Waals surface area (Å²) < 4.78 is 5.25. The third kappa shape index (κ3) is 1.78. The number of hydrogen-bond donors (Lipinski definition) is 2.